The minimum Gasteiger partial charge on any atom is -0.460 e. The fourth-order valence-electron chi connectivity index (χ4n) is 6.29. The lowest BCUT2D eigenvalue weighted by Gasteiger charge is -2.38. The van der Waals surface area contributed by atoms with E-state index in [4.69, 9.17) is 4.74 Å². The van der Waals surface area contributed by atoms with E-state index in [0.29, 0.717) is 6.42 Å². The molecule has 8 nitrogen and oxygen atoms in total. The monoisotopic (exact) mass is 524 g/mol. The Morgan fingerprint density at radius 1 is 0.974 bits per heavy atom. The van der Waals surface area contributed by atoms with Gasteiger partial charge in [-0.15, -0.1) is 0 Å². The molecule has 4 heterocycles. The highest BCUT2D eigenvalue weighted by Crippen LogP contribution is 2.33. The lowest BCUT2D eigenvalue weighted by atomic mass is 10.0. The smallest absolute Gasteiger partial charge is 0.312 e. The van der Waals surface area contributed by atoms with Gasteiger partial charge in [0.15, 0.2) is 0 Å². The van der Waals surface area contributed by atoms with Crippen LogP contribution < -0.4 is 15.5 Å². The zero-order valence-electron chi connectivity index (χ0n) is 24.0. The molecule has 8 heteroatoms. The van der Waals surface area contributed by atoms with Gasteiger partial charge in [0.1, 0.15) is 11.8 Å². The molecule has 0 spiro atoms. The summed E-state index contributed by atoms with van der Waals surface area (Å²) in [6, 6.07) is 8.97. The average molecular weight is 525 g/mol. The Balaban J connectivity index is 1.29. The number of fused-ring (bicyclic) bond motifs is 1. The molecule has 4 aliphatic heterocycles. The second kappa shape index (κ2) is 11.9. The second-order valence-electron chi connectivity index (χ2n) is 12.5. The number of carbonyl (C=O) groups is 1. The molecule has 0 radical (unpaired) electrons. The number of rotatable bonds is 8. The number of benzene rings is 1. The Labute approximate surface area is 229 Å². The standard InChI is InChI=1S/C30H48N6O2/c1-30(2,3)38-27(37)22-26-25-12-17-36(16-7-15-34-13-5-6-14-34)29(25)32-28(31-26)23-8-10-24(11-9-23)35-20-18-33(4)19-21-35/h8-11,28-29,31-32H,5-7,12-22H2,1-4H3. The molecule has 4 aliphatic rings. The Morgan fingerprint density at radius 2 is 1.68 bits per heavy atom. The first-order valence-electron chi connectivity index (χ1n) is 14.7. The van der Waals surface area contributed by atoms with Crippen LogP contribution in [0.3, 0.4) is 0 Å². The molecular formula is C30H48N6O2. The summed E-state index contributed by atoms with van der Waals surface area (Å²) in [5, 5.41) is 7.58. The van der Waals surface area contributed by atoms with E-state index in [1.807, 2.05) is 20.8 Å². The van der Waals surface area contributed by atoms with Crippen LogP contribution in [0.4, 0.5) is 5.69 Å². The number of hydrogen-bond acceptors (Lipinski definition) is 8. The summed E-state index contributed by atoms with van der Waals surface area (Å²) >= 11 is 0. The van der Waals surface area contributed by atoms with Gasteiger partial charge in [-0.05, 0) is 96.4 Å². The van der Waals surface area contributed by atoms with Crippen LogP contribution in [-0.4, -0.2) is 98.4 Å². The van der Waals surface area contributed by atoms with Crippen molar-refractivity contribution in [3.8, 4) is 0 Å². The first kappa shape index (κ1) is 27.4. The van der Waals surface area contributed by atoms with E-state index in [1.54, 1.807) is 0 Å². The molecule has 2 N–H and O–H groups in total. The number of carbonyl (C=O) groups excluding carboxylic acids is 1. The number of anilines is 1. The molecule has 210 valence electrons. The summed E-state index contributed by atoms with van der Waals surface area (Å²) in [5.74, 6) is -0.162. The molecule has 0 bridgehead atoms. The first-order chi connectivity index (χ1) is 18.2. The molecule has 1 aromatic rings. The summed E-state index contributed by atoms with van der Waals surface area (Å²) in [5.41, 5.74) is 4.37. The van der Waals surface area contributed by atoms with Gasteiger partial charge in [0, 0.05) is 50.7 Å². The van der Waals surface area contributed by atoms with E-state index in [9.17, 15) is 4.79 Å². The summed E-state index contributed by atoms with van der Waals surface area (Å²) < 4.78 is 5.71. The van der Waals surface area contributed by atoms with Gasteiger partial charge >= 0.3 is 5.97 Å². The summed E-state index contributed by atoms with van der Waals surface area (Å²) in [7, 11) is 2.19. The molecule has 0 aromatic heterocycles. The quantitative estimate of drug-likeness (QED) is 0.503. The fourth-order valence-corrected chi connectivity index (χ4v) is 6.29. The maximum Gasteiger partial charge on any atom is 0.312 e. The van der Waals surface area contributed by atoms with Gasteiger partial charge in [-0.3, -0.25) is 15.0 Å². The van der Waals surface area contributed by atoms with Gasteiger partial charge in [-0.1, -0.05) is 12.1 Å². The Bertz CT molecular complexity index is 973. The molecule has 3 saturated heterocycles. The largest absolute Gasteiger partial charge is 0.460 e. The summed E-state index contributed by atoms with van der Waals surface area (Å²) in [4.78, 5) is 22.9. The molecule has 0 saturated carbocycles. The van der Waals surface area contributed by atoms with Crippen molar-refractivity contribution in [3.05, 3.63) is 41.1 Å². The van der Waals surface area contributed by atoms with E-state index >= 15 is 0 Å². The van der Waals surface area contributed by atoms with E-state index < -0.39 is 5.60 Å². The maximum atomic E-state index is 12.9. The van der Waals surface area contributed by atoms with Gasteiger partial charge in [0.2, 0.25) is 0 Å². The van der Waals surface area contributed by atoms with E-state index in [0.717, 1.165) is 51.4 Å². The van der Waals surface area contributed by atoms with Crippen LogP contribution >= 0.6 is 0 Å². The highest BCUT2D eigenvalue weighted by atomic mass is 16.6. The van der Waals surface area contributed by atoms with Crippen LogP contribution in [0, 0.1) is 0 Å². The zero-order valence-corrected chi connectivity index (χ0v) is 24.0. The lowest BCUT2D eigenvalue weighted by Crippen LogP contribution is -2.52. The number of hydrogen-bond donors (Lipinski definition) is 2. The second-order valence-corrected chi connectivity index (χ2v) is 12.5. The first-order valence-corrected chi connectivity index (χ1v) is 14.7. The predicted molar refractivity (Wildman–Crippen MR) is 153 cm³/mol. The SMILES string of the molecule is CN1CCN(c2ccc(C3NC(CC(=O)OC(C)(C)C)=C4CCN(CCCN5CCCC5)C4N3)cc2)CC1. The van der Waals surface area contributed by atoms with Gasteiger partial charge in [0.05, 0.1) is 12.6 Å². The van der Waals surface area contributed by atoms with Crippen molar-refractivity contribution in [1.82, 2.24) is 25.3 Å². The van der Waals surface area contributed by atoms with Crippen LogP contribution in [-0.2, 0) is 9.53 Å². The topological polar surface area (TPSA) is 63.3 Å². The third kappa shape index (κ3) is 6.89. The van der Waals surface area contributed by atoms with E-state index in [2.05, 4.69) is 61.5 Å². The molecule has 5 rings (SSSR count). The van der Waals surface area contributed by atoms with Crippen molar-refractivity contribution < 1.29 is 9.53 Å². The molecule has 0 aliphatic carbocycles. The maximum absolute atomic E-state index is 12.9. The van der Waals surface area contributed by atoms with Crippen LogP contribution in [0.1, 0.15) is 64.6 Å². The van der Waals surface area contributed by atoms with Crippen molar-refractivity contribution in [2.75, 3.05) is 70.9 Å². The van der Waals surface area contributed by atoms with E-state index in [-0.39, 0.29) is 18.3 Å². The molecular weight excluding hydrogens is 476 g/mol. The average Bonchev–Trinajstić information content (AvgIpc) is 3.54. The van der Waals surface area contributed by atoms with Crippen molar-refractivity contribution in [2.24, 2.45) is 0 Å². The molecule has 0 amide bonds. The molecule has 3 fully saturated rings. The van der Waals surface area contributed by atoms with Crippen LogP contribution in [0.2, 0.25) is 0 Å². The van der Waals surface area contributed by atoms with Crippen LogP contribution in [0.5, 0.6) is 0 Å². The van der Waals surface area contributed by atoms with Gasteiger partial charge in [-0.25, -0.2) is 0 Å². The fraction of sp³-hybridized carbons (Fsp3) is 0.700. The van der Waals surface area contributed by atoms with Gasteiger partial charge < -0.3 is 24.8 Å². The van der Waals surface area contributed by atoms with E-state index in [1.165, 1.54) is 55.7 Å². The zero-order chi connectivity index (χ0) is 26.7. The summed E-state index contributed by atoms with van der Waals surface area (Å²) in [6.45, 7) is 15.9. The molecule has 2 atom stereocenters. The third-order valence-corrected chi connectivity index (χ3v) is 8.35. The molecule has 2 unspecified atom stereocenters. The van der Waals surface area contributed by atoms with Crippen molar-refractivity contribution in [3.63, 3.8) is 0 Å². The Hall–Kier alpha value is -2.13. The van der Waals surface area contributed by atoms with Crippen molar-refractivity contribution >= 4 is 11.7 Å². The highest BCUT2D eigenvalue weighted by Gasteiger charge is 2.38. The predicted octanol–water partition coefficient (Wildman–Crippen LogP) is 3.13. The Kier molecular flexibility index (Phi) is 8.62. The number of ether oxygens (including phenoxy) is 1. The minimum absolute atomic E-state index is 0.0399. The molecule has 38 heavy (non-hydrogen) atoms. The number of esters is 1. The Morgan fingerprint density at radius 3 is 2.37 bits per heavy atom. The van der Waals surface area contributed by atoms with Gasteiger partial charge in [0.25, 0.3) is 0 Å². The van der Waals surface area contributed by atoms with Gasteiger partial charge in [-0.2, -0.15) is 0 Å². The number of likely N-dealkylation sites (N-methyl/N-ethyl adjacent to an activating group) is 1. The number of piperazine rings is 1. The minimum atomic E-state index is -0.482. The normalized spacial score (nSPS) is 25.5. The summed E-state index contributed by atoms with van der Waals surface area (Å²) in [6.07, 6.45) is 5.27. The van der Waals surface area contributed by atoms with Crippen LogP contribution in [0.15, 0.2) is 35.5 Å². The molecule has 1 aromatic carbocycles. The number of nitrogens with zero attached hydrogens (tertiary/aromatic N) is 4. The van der Waals surface area contributed by atoms with Crippen LogP contribution in [0.25, 0.3) is 0 Å². The number of nitrogens with one attached hydrogen (secondary N) is 2. The number of likely N-dealkylation sites (tertiary alicyclic amines) is 2. The third-order valence-electron chi connectivity index (χ3n) is 8.35. The highest BCUT2D eigenvalue weighted by molar-refractivity contribution is 5.73. The lowest BCUT2D eigenvalue weighted by molar-refractivity contribution is -0.154. The van der Waals surface area contributed by atoms with Crippen molar-refractivity contribution in [2.45, 2.75) is 70.8 Å². The van der Waals surface area contributed by atoms with Crippen molar-refractivity contribution in [1.29, 1.82) is 0 Å².